The van der Waals surface area contributed by atoms with E-state index in [2.05, 4.69) is 45.7 Å². The molecule has 0 radical (unpaired) electrons. The molecule has 6 nitrogen and oxygen atoms in total. The van der Waals surface area contributed by atoms with Gasteiger partial charge in [0.15, 0.2) is 0 Å². The zero-order valence-corrected chi connectivity index (χ0v) is 18.4. The second-order valence-corrected chi connectivity index (χ2v) is 8.50. The van der Waals surface area contributed by atoms with Crippen molar-refractivity contribution >= 4 is 22.3 Å². The Bertz CT molecular complexity index is 1320. The number of aryl methyl sites for hydroxylation is 2. The van der Waals surface area contributed by atoms with Gasteiger partial charge in [0.25, 0.3) is 5.56 Å². The van der Waals surface area contributed by atoms with Crippen LogP contribution in [-0.4, -0.2) is 28.0 Å². The normalized spacial score (nSPS) is 14.6. The molecule has 1 fully saturated rings. The molecule has 0 amide bonds. The lowest BCUT2D eigenvalue weighted by Gasteiger charge is -2.27. The van der Waals surface area contributed by atoms with Crippen LogP contribution in [0.2, 0.25) is 0 Å². The van der Waals surface area contributed by atoms with Crippen molar-refractivity contribution in [1.29, 1.82) is 0 Å². The van der Waals surface area contributed by atoms with E-state index in [0.29, 0.717) is 17.1 Å². The summed E-state index contributed by atoms with van der Waals surface area (Å²) in [5, 5.41) is 8.40. The summed E-state index contributed by atoms with van der Waals surface area (Å²) < 4.78 is 0. The minimum absolute atomic E-state index is 0.151. The van der Waals surface area contributed by atoms with E-state index >= 15 is 0 Å². The molecule has 5 rings (SSSR count). The number of anilines is 2. The van der Waals surface area contributed by atoms with E-state index in [0.717, 1.165) is 54.0 Å². The Morgan fingerprint density at radius 1 is 1.06 bits per heavy atom. The van der Waals surface area contributed by atoms with Gasteiger partial charge in [-0.1, -0.05) is 12.1 Å². The Hall–Kier alpha value is -3.51. The van der Waals surface area contributed by atoms with Crippen molar-refractivity contribution in [2.75, 3.05) is 18.4 Å². The van der Waals surface area contributed by atoms with Gasteiger partial charge in [-0.25, -0.2) is 4.98 Å². The number of pyridine rings is 3. The first kappa shape index (κ1) is 20.4. The van der Waals surface area contributed by atoms with Crippen LogP contribution in [0, 0.1) is 13.8 Å². The molecule has 1 saturated heterocycles. The van der Waals surface area contributed by atoms with Crippen LogP contribution in [-0.2, 0) is 0 Å². The van der Waals surface area contributed by atoms with Crippen LogP contribution in [0.5, 0.6) is 0 Å². The highest BCUT2D eigenvalue weighted by Gasteiger charge is 2.21. The molecule has 1 aliphatic rings. The third-order valence-corrected chi connectivity index (χ3v) is 6.29. The number of fused-ring (bicyclic) bond motifs is 1. The molecule has 0 saturated carbocycles. The molecule has 4 aromatic rings. The Kier molecular flexibility index (Phi) is 5.45. The zero-order chi connectivity index (χ0) is 22.1. The van der Waals surface area contributed by atoms with Crippen molar-refractivity contribution in [3.05, 3.63) is 82.0 Å². The highest BCUT2D eigenvalue weighted by molar-refractivity contribution is 5.95. The number of aromatic amines is 1. The van der Waals surface area contributed by atoms with Gasteiger partial charge in [-0.3, -0.25) is 9.78 Å². The van der Waals surface area contributed by atoms with Gasteiger partial charge in [0, 0.05) is 29.3 Å². The maximum atomic E-state index is 12.8. The quantitative estimate of drug-likeness (QED) is 0.437. The fourth-order valence-electron chi connectivity index (χ4n) is 4.64. The number of hydrogen-bond acceptors (Lipinski definition) is 5. The van der Waals surface area contributed by atoms with E-state index in [-0.39, 0.29) is 5.56 Å². The van der Waals surface area contributed by atoms with Gasteiger partial charge in [-0.05, 0) is 92.5 Å². The molecule has 0 unspecified atom stereocenters. The Morgan fingerprint density at radius 2 is 1.91 bits per heavy atom. The van der Waals surface area contributed by atoms with E-state index in [1.165, 1.54) is 11.1 Å². The standard InChI is InChI=1S/C26H27N5O/c1-16-4-3-5-21(23(16)18-8-11-27-12-9-18)30-25-24-19(10-13-28-26(24)32)14-22(31-25)20-7-6-17(2)29-15-20/h3-7,10,13-15,18,27H,8-9,11-12H2,1-2H3,(H,28,32)(H,30,31). The predicted molar refractivity (Wildman–Crippen MR) is 130 cm³/mol. The monoisotopic (exact) mass is 425 g/mol. The molecular formula is C26H27N5O. The Morgan fingerprint density at radius 3 is 2.69 bits per heavy atom. The molecular weight excluding hydrogens is 398 g/mol. The van der Waals surface area contributed by atoms with Crippen molar-refractivity contribution in [3.8, 4) is 11.3 Å². The molecule has 6 heteroatoms. The highest BCUT2D eigenvalue weighted by atomic mass is 16.1. The lowest BCUT2D eigenvalue weighted by atomic mass is 9.86. The summed E-state index contributed by atoms with van der Waals surface area (Å²) in [4.78, 5) is 24.9. The number of H-pyrrole nitrogens is 1. The fourth-order valence-corrected chi connectivity index (χ4v) is 4.64. The van der Waals surface area contributed by atoms with Gasteiger partial charge in [0.05, 0.1) is 11.1 Å². The number of nitrogens with one attached hydrogen (secondary N) is 3. The average Bonchev–Trinajstić information content (AvgIpc) is 2.80. The molecule has 0 spiro atoms. The molecule has 162 valence electrons. The van der Waals surface area contributed by atoms with Crippen LogP contribution in [0.3, 0.4) is 0 Å². The number of benzene rings is 1. The first-order valence-corrected chi connectivity index (χ1v) is 11.1. The van der Waals surface area contributed by atoms with Crippen LogP contribution < -0.4 is 16.2 Å². The van der Waals surface area contributed by atoms with Crippen LogP contribution in [0.1, 0.15) is 35.6 Å². The van der Waals surface area contributed by atoms with Crippen molar-refractivity contribution < 1.29 is 0 Å². The number of hydrogen-bond donors (Lipinski definition) is 3. The Labute approximate surface area is 187 Å². The van der Waals surface area contributed by atoms with Crippen LogP contribution in [0.25, 0.3) is 22.0 Å². The van der Waals surface area contributed by atoms with E-state index in [9.17, 15) is 4.79 Å². The molecule has 32 heavy (non-hydrogen) atoms. The van der Waals surface area contributed by atoms with Crippen molar-refractivity contribution in [2.24, 2.45) is 0 Å². The maximum Gasteiger partial charge on any atom is 0.259 e. The molecule has 1 aliphatic heterocycles. The topological polar surface area (TPSA) is 82.7 Å². The van der Waals surface area contributed by atoms with Gasteiger partial charge in [-0.15, -0.1) is 0 Å². The average molecular weight is 426 g/mol. The number of piperidine rings is 1. The molecule has 0 atom stereocenters. The second kappa shape index (κ2) is 8.55. The summed E-state index contributed by atoms with van der Waals surface area (Å²) in [6, 6.07) is 14.2. The molecule has 3 N–H and O–H groups in total. The predicted octanol–water partition coefficient (Wildman–Crippen LogP) is 4.81. The van der Waals surface area contributed by atoms with Crippen LogP contribution in [0.15, 0.2) is 59.7 Å². The molecule has 4 heterocycles. The first-order valence-electron chi connectivity index (χ1n) is 11.1. The SMILES string of the molecule is Cc1ccc(-c2cc3cc[nH]c(=O)c3c(Nc3cccc(C)c3C3CCNCC3)n2)cn1. The van der Waals surface area contributed by atoms with Gasteiger partial charge < -0.3 is 15.6 Å². The molecule has 1 aromatic carbocycles. The summed E-state index contributed by atoms with van der Waals surface area (Å²) in [6.07, 6.45) is 5.71. The minimum Gasteiger partial charge on any atom is -0.339 e. The third kappa shape index (κ3) is 3.89. The molecule has 3 aromatic heterocycles. The summed E-state index contributed by atoms with van der Waals surface area (Å²) in [6.45, 7) is 6.17. The van der Waals surface area contributed by atoms with Crippen LogP contribution >= 0.6 is 0 Å². The largest absolute Gasteiger partial charge is 0.339 e. The van der Waals surface area contributed by atoms with Gasteiger partial charge >= 0.3 is 0 Å². The third-order valence-electron chi connectivity index (χ3n) is 6.29. The van der Waals surface area contributed by atoms with Gasteiger partial charge in [0.1, 0.15) is 5.82 Å². The first-order chi connectivity index (χ1) is 15.6. The van der Waals surface area contributed by atoms with E-state index in [1.807, 2.05) is 37.4 Å². The van der Waals surface area contributed by atoms with Crippen molar-refractivity contribution in [2.45, 2.75) is 32.6 Å². The smallest absolute Gasteiger partial charge is 0.259 e. The summed E-state index contributed by atoms with van der Waals surface area (Å²) in [5.41, 5.74) is 6.11. The summed E-state index contributed by atoms with van der Waals surface area (Å²) in [7, 11) is 0. The van der Waals surface area contributed by atoms with E-state index in [1.54, 1.807) is 6.20 Å². The van der Waals surface area contributed by atoms with Gasteiger partial charge in [0.2, 0.25) is 0 Å². The van der Waals surface area contributed by atoms with Crippen LogP contribution in [0.4, 0.5) is 11.5 Å². The minimum atomic E-state index is -0.151. The molecule has 0 aliphatic carbocycles. The van der Waals surface area contributed by atoms with E-state index < -0.39 is 0 Å². The van der Waals surface area contributed by atoms with Gasteiger partial charge in [-0.2, -0.15) is 0 Å². The Balaban J connectivity index is 1.65. The highest BCUT2D eigenvalue weighted by Crippen LogP contribution is 2.36. The zero-order valence-electron chi connectivity index (χ0n) is 18.4. The summed E-state index contributed by atoms with van der Waals surface area (Å²) >= 11 is 0. The summed E-state index contributed by atoms with van der Waals surface area (Å²) in [5.74, 6) is 1.05. The number of rotatable bonds is 4. The van der Waals surface area contributed by atoms with E-state index in [4.69, 9.17) is 4.98 Å². The molecule has 0 bridgehead atoms. The maximum absolute atomic E-state index is 12.8. The fraction of sp³-hybridized carbons (Fsp3) is 0.269. The number of aromatic nitrogens is 3. The second-order valence-electron chi connectivity index (χ2n) is 8.50. The lowest BCUT2D eigenvalue weighted by molar-refractivity contribution is 0.460. The van der Waals surface area contributed by atoms with Crippen molar-refractivity contribution in [1.82, 2.24) is 20.3 Å². The number of nitrogens with zero attached hydrogens (tertiary/aromatic N) is 2. The van der Waals surface area contributed by atoms with Crippen molar-refractivity contribution in [3.63, 3.8) is 0 Å². The lowest BCUT2D eigenvalue weighted by Crippen LogP contribution is -2.27.